The van der Waals surface area contributed by atoms with Crippen molar-refractivity contribution in [1.82, 2.24) is 0 Å². The molecule has 0 amide bonds. The highest BCUT2D eigenvalue weighted by atomic mass is 19.2. The second kappa shape index (κ2) is 6.37. The van der Waals surface area contributed by atoms with Crippen molar-refractivity contribution in [2.24, 2.45) is 0 Å². The molecule has 2 nitrogen and oxygen atoms in total. The third-order valence-electron chi connectivity index (χ3n) is 3.28. The molecular weight excluding hydrogens is 258 g/mol. The molecule has 0 atom stereocenters. The van der Waals surface area contributed by atoms with Gasteiger partial charge in [-0.3, -0.25) is 0 Å². The van der Waals surface area contributed by atoms with Crippen LogP contribution < -0.4 is 10.6 Å². The van der Waals surface area contributed by atoms with Crippen LogP contribution in [-0.4, -0.2) is 13.6 Å². The molecule has 0 fully saturated rings. The Bertz CT molecular complexity index is 570. The van der Waals surface area contributed by atoms with Crippen LogP contribution in [0.15, 0.2) is 42.5 Å². The Hall–Kier alpha value is -2.10. The van der Waals surface area contributed by atoms with Gasteiger partial charge in [0.25, 0.3) is 0 Å². The maximum absolute atomic E-state index is 13.8. The zero-order valence-electron chi connectivity index (χ0n) is 11.4. The van der Waals surface area contributed by atoms with Gasteiger partial charge in [-0.05, 0) is 30.5 Å². The van der Waals surface area contributed by atoms with Gasteiger partial charge in [0.15, 0.2) is 11.6 Å². The van der Waals surface area contributed by atoms with Crippen molar-refractivity contribution in [2.45, 2.75) is 12.8 Å². The van der Waals surface area contributed by atoms with E-state index >= 15 is 0 Å². The number of halogens is 2. The van der Waals surface area contributed by atoms with Crippen LogP contribution >= 0.6 is 0 Å². The molecule has 0 heterocycles. The number of hydrogen-bond acceptors (Lipinski definition) is 2. The Kier molecular flexibility index (Phi) is 4.56. The van der Waals surface area contributed by atoms with Crippen LogP contribution in [0.1, 0.15) is 12.0 Å². The summed E-state index contributed by atoms with van der Waals surface area (Å²) < 4.78 is 27.0. The van der Waals surface area contributed by atoms with E-state index in [0.717, 1.165) is 18.9 Å². The molecule has 0 spiro atoms. The Labute approximate surface area is 117 Å². The molecule has 2 aromatic rings. The Morgan fingerprint density at radius 3 is 2.45 bits per heavy atom. The molecule has 106 valence electrons. The normalized spacial score (nSPS) is 10.6. The van der Waals surface area contributed by atoms with Crippen molar-refractivity contribution >= 4 is 11.4 Å². The molecule has 0 aliphatic carbocycles. The van der Waals surface area contributed by atoms with Gasteiger partial charge in [-0.25, -0.2) is 8.78 Å². The van der Waals surface area contributed by atoms with E-state index in [0.29, 0.717) is 6.54 Å². The lowest BCUT2D eigenvalue weighted by molar-refractivity contribution is 0.507. The summed E-state index contributed by atoms with van der Waals surface area (Å²) in [7, 11) is 1.72. The molecule has 2 rings (SSSR count). The van der Waals surface area contributed by atoms with Crippen molar-refractivity contribution in [2.75, 3.05) is 24.2 Å². The number of nitrogen functional groups attached to an aromatic ring is 1. The van der Waals surface area contributed by atoms with Crippen LogP contribution in [0.25, 0.3) is 0 Å². The fourth-order valence-electron chi connectivity index (χ4n) is 2.22. The monoisotopic (exact) mass is 276 g/mol. The molecule has 20 heavy (non-hydrogen) atoms. The van der Waals surface area contributed by atoms with E-state index in [2.05, 4.69) is 12.1 Å². The molecule has 0 unspecified atom stereocenters. The van der Waals surface area contributed by atoms with Gasteiger partial charge in [0.1, 0.15) is 0 Å². The van der Waals surface area contributed by atoms with E-state index in [1.54, 1.807) is 11.9 Å². The Morgan fingerprint density at radius 2 is 1.75 bits per heavy atom. The number of nitrogens with two attached hydrogens (primary N) is 1. The topological polar surface area (TPSA) is 29.3 Å². The first-order valence-corrected chi connectivity index (χ1v) is 6.58. The summed E-state index contributed by atoms with van der Waals surface area (Å²) in [6.45, 7) is 0.611. The summed E-state index contributed by atoms with van der Waals surface area (Å²) in [5, 5.41) is 0. The Morgan fingerprint density at radius 1 is 1.05 bits per heavy atom. The number of anilines is 2. The minimum Gasteiger partial charge on any atom is -0.397 e. The molecule has 0 aromatic heterocycles. The fourth-order valence-corrected chi connectivity index (χ4v) is 2.22. The van der Waals surface area contributed by atoms with Gasteiger partial charge in [-0.15, -0.1) is 0 Å². The molecule has 0 aliphatic heterocycles. The summed E-state index contributed by atoms with van der Waals surface area (Å²) in [5.41, 5.74) is 7.35. The van der Waals surface area contributed by atoms with Crippen LogP contribution in [0, 0.1) is 11.6 Å². The largest absolute Gasteiger partial charge is 0.397 e. The summed E-state index contributed by atoms with van der Waals surface area (Å²) >= 11 is 0. The molecule has 0 bridgehead atoms. The first-order chi connectivity index (χ1) is 9.59. The fraction of sp³-hybridized carbons (Fsp3) is 0.250. The lowest BCUT2D eigenvalue weighted by Gasteiger charge is -2.21. The van der Waals surface area contributed by atoms with Crippen molar-refractivity contribution < 1.29 is 8.78 Å². The smallest absolute Gasteiger partial charge is 0.184 e. The van der Waals surface area contributed by atoms with Gasteiger partial charge >= 0.3 is 0 Å². The highest BCUT2D eigenvalue weighted by Crippen LogP contribution is 2.27. The van der Waals surface area contributed by atoms with E-state index in [9.17, 15) is 8.78 Å². The average Bonchev–Trinajstić information content (AvgIpc) is 2.44. The third kappa shape index (κ3) is 3.26. The van der Waals surface area contributed by atoms with Gasteiger partial charge in [0.2, 0.25) is 0 Å². The SMILES string of the molecule is CN(CCCc1ccccc1)c1c(N)ccc(F)c1F. The number of benzene rings is 2. The van der Waals surface area contributed by atoms with Crippen molar-refractivity contribution in [3.05, 3.63) is 59.7 Å². The molecule has 2 aromatic carbocycles. The lowest BCUT2D eigenvalue weighted by atomic mass is 10.1. The number of rotatable bonds is 5. The summed E-state index contributed by atoms with van der Waals surface area (Å²) in [4.78, 5) is 1.66. The second-order valence-corrected chi connectivity index (χ2v) is 4.81. The summed E-state index contributed by atoms with van der Waals surface area (Å²) in [6, 6.07) is 12.5. The first-order valence-electron chi connectivity index (χ1n) is 6.58. The van der Waals surface area contributed by atoms with Crippen molar-refractivity contribution in [3.8, 4) is 0 Å². The summed E-state index contributed by atoms with van der Waals surface area (Å²) in [5.74, 6) is -1.75. The molecule has 0 saturated heterocycles. The number of nitrogens with zero attached hydrogens (tertiary/aromatic N) is 1. The number of hydrogen-bond donors (Lipinski definition) is 1. The standard InChI is InChI=1S/C16H18F2N2/c1-20(11-5-8-12-6-3-2-4-7-12)16-14(19)10-9-13(17)15(16)18/h2-4,6-7,9-10H,5,8,11,19H2,1H3. The van der Waals surface area contributed by atoms with E-state index in [4.69, 9.17) is 5.73 Å². The van der Waals surface area contributed by atoms with Gasteiger partial charge < -0.3 is 10.6 Å². The quantitative estimate of drug-likeness (QED) is 0.845. The molecule has 4 heteroatoms. The summed E-state index contributed by atoms with van der Waals surface area (Å²) in [6.07, 6.45) is 1.73. The predicted octanol–water partition coefficient (Wildman–Crippen LogP) is 3.62. The molecule has 0 aliphatic rings. The third-order valence-corrected chi connectivity index (χ3v) is 3.28. The molecule has 0 saturated carbocycles. The van der Waals surface area contributed by atoms with Crippen LogP contribution in [0.2, 0.25) is 0 Å². The van der Waals surface area contributed by atoms with Crippen molar-refractivity contribution in [3.63, 3.8) is 0 Å². The van der Waals surface area contributed by atoms with Crippen LogP contribution in [0.3, 0.4) is 0 Å². The zero-order valence-corrected chi connectivity index (χ0v) is 11.4. The maximum Gasteiger partial charge on any atom is 0.184 e. The minimum absolute atomic E-state index is 0.137. The average molecular weight is 276 g/mol. The van der Waals surface area contributed by atoms with Crippen LogP contribution in [0.4, 0.5) is 20.2 Å². The van der Waals surface area contributed by atoms with Crippen LogP contribution in [0.5, 0.6) is 0 Å². The first kappa shape index (κ1) is 14.3. The van der Waals surface area contributed by atoms with Crippen LogP contribution in [-0.2, 0) is 6.42 Å². The van der Waals surface area contributed by atoms with E-state index < -0.39 is 11.6 Å². The van der Waals surface area contributed by atoms with Gasteiger partial charge in [0.05, 0.1) is 11.4 Å². The maximum atomic E-state index is 13.8. The van der Waals surface area contributed by atoms with Gasteiger partial charge in [0, 0.05) is 13.6 Å². The number of aryl methyl sites for hydroxylation is 1. The molecular formula is C16H18F2N2. The highest BCUT2D eigenvalue weighted by molar-refractivity contribution is 5.68. The lowest BCUT2D eigenvalue weighted by Crippen LogP contribution is -2.22. The molecule has 0 radical (unpaired) electrons. The molecule has 2 N–H and O–H groups in total. The van der Waals surface area contributed by atoms with E-state index in [1.807, 2.05) is 18.2 Å². The van der Waals surface area contributed by atoms with Crippen molar-refractivity contribution in [1.29, 1.82) is 0 Å². The highest BCUT2D eigenvalue weighted by Gasteiger charge is 2.15. The van der Waals surface area contributed by atoms with Gasteiger partial charge in [-0.2, -0.15) is 0 Å². The minimum atomic E-state index is -0.882. The zero-order chi connectivity index (χ0) is 14.5. The van der Waals surface area contributed by atoms with Gasteiger partial charge in [-0.1, -0.05) is 30.3 Å². The van der Waals surface area contributed by atoms with E-state index in [-0.39, 0.29) is 11.4 Å². The van der Waals surface area contributed by atoms with E-state index in [1.165, 1.54) is 11.6 Å². The second-order valence-electron chi connectivity index (χ2n) is 4.81. The Balaban J connectivity index is 1.99. The predicted molar refractivity (Wildman–Crippen MR) is 78.8 cm³/mol.